The molecule has 5 aliphatic carbocycles. The average molecular weight is 487 g/mol. The lowest BCUT2D eigenvalue weighted by molar-refractivity contribution is -0.212. The molecule has 8 atom stereocenters. The molecule has 2 N–H and O–H groups in total. The zero-order valence-corrected chi connectivity index (χ0v) is 23.6. The molecule has 4 saturated carbocycles. The Morgan fingerprint density at radius 3 is 2.17 bits per heavy atom. The van der Waals surface area contributed by atoms with Crippen molar-refractivity contribution in [3.63, 3.8) is 0 Å². The van der Waals surface area contributed by atoms with Gasteiger partial charge in [0, 0.05) is 0 Å². The van der Waals surface area contributed by atoms with Gasteiger partial charge < -0.3 is 14.9 Å². The first kappa shape index (κ1) is 25.8. The Bertz CT molecular complexity index is 948. The molecule has 0 unspecified atom stereocenters. The van der Waals surface area contributed by atoms with Gasteiger partial charge in [0.05, 0.1) is 19.3 Å². The van der Waals surface area contributed by atoms with Crippen molar-refractivity contribution in [3.05, 3.63) is 11.1 Å². The third kappa shape index (κ3) is 3.08. The molecule has 0 aromatic heterocycles. The summed E-state index contributed by atoms with van der Waals surface area (Å²) < 4.78 is 5.40. The summed E-state index contributed by atoms with van der Waals surface area (Å²) in [6.07, 6.45) is 8.66. The smallest absolute Gasteiger partial charge is 0.318 e. The van der Waals surface area contributed by atoms with Gasteiger partial charge in [-0.05, 0) is 103 Å². The summed E-state index contributed by atoms with van der Waals surface area (Å²) in [6, 6.07) is 0. The van der Waals surface area contributed by atoms with Gasteiger partial charge in [-0.25, -0.2) is 0 Å². The lowest BCUT2D eigenvalue weighted by Crippen LogP contribution is -2.66. The van der Waals surface area contributed by atoms with Crippen molar-refractivity contribution < 1.29 is 19.7 Å². The maximum Gasteiger partial charge on any atom is 0.318 e. The van der Waals surface area contributed by atoms with Crippen LogP contribution < -0.4 is 0 Å². The number of esters is 1. The number of methoxy groups -OCH3 is 1. The van der Waals surface area contributed by atoms with Gasteiger partial charge in [0.2, 0.25) is 0 Å². The number of carbonyl (C=O) groups is 1. The molecule has 0 aliphatic heterocycles. The zero-order chi connectivity index (χ0) is 25.8. The lowest BCUT2D eigenvalue weighted by atomic mass is 9.34. The van der Waals surface area contributed by atoms with Gasteiger partial charge in [0.25, 0.3) is 0 Å². The fraction of sp³-hybridized carbons (Fsp3) is 0.903. The topological polar surface area (TPSA) is 66.8 Å². The summed E-state index contributed by atoms with van der Waals surface area (Å²) >= 11 is 0. The molecule has 0 aromatic carbocycles. The van der Waals surface area contributed by atoms with E-state index < -0.39 is 11.5 Å². The first-order chi connectivity index (χ1) is 16.1. The van der Waals surface area contributed by atoms with E-state index in [9.17, 15) is 15.0 Å². The average Bonchev–Trinajstić information content (AvgIpc) is 2.76. The molecule has 0 amide bonds. The van der Waals surface area contributed by atoms with Gasteiger partial charge in [0.1, 0.15) is 5.41 Å². The van der Waals surface area contributed by atoms with E-state index in [2.05, 4.69) is 48.5 Å². The number of rotatable bonds is 1. The molecule has 5 aliphatic rings. The van der Waals surface area contributed by atoms with Crippen molar-refractivity contribution in [2.24, 2.45) is 44.3 Å². The van der Waals surface area contributed by atoms with Gasteiger partial charge >= 0.3 is 5.97 Å². The second-order valence-corrected chi connectivity index (χ2v) is 15.3. The maximum absolute atomic E-state index is 13.4. The second-order valence-electron chi connectivity index (χ2n) is 15.3. The van der Waals surface area contributed by atoms with Crippen molar-refractivity contribution in [2.45, 2.75) is 125 Å². The van der Waals surface area contributed by atoms with Crippen molar-refractivity contribution in [3.8, 4) is 0 Å². The molecular formula is C31H50O4. The number of carbonyl (C=O) groups excluding carboxylic acids is 1. The number of allylic oxidation sites excluding steroid dienone is 1. The van der Waals surface area contributed by atoms with Crippen LogP contribution in [0.3, 0.4) is 0 Å². The summed E-state index contributed by atoms with van der Waals surface area (Å²) in [5, 5.41) is 22.8. The lowest BCUT2D eigenvalue weighted by Gasteiger charge is -2.71. The number of hydrogen-bond donors (Lipinski definition) is 2. The SMILES string of the molecule is COC(=O)[C@]12CCC(C)(C)CC1=C1CC[C@@H]3[C@@]4(C)CC[C@H](O)C(C)(C)[C@H]4CC[C@@]3(C)[C@]1(C)C[C@H]2O. The Morgan fingerprint density at radius 1 is 0.829 bits per heavy atom. The highest BCUT2D eigenvalue weighted by atomic mass is 16.5. The number of hydrogen-bond acceptors (Lipinski definition) is 4. The highest BCUT2D eigenvalue weighted by Gasteiger charge is 2.69. The van der Waals surface area contributed by atoms with Crippen LogP contribution in [-0.2, 0) is 9.53 Å². The van der Waals surface area contributed by atoms with E-state index >= 15 is 0 Å². The predicted octanol–water partition coefficient (Wildman–Crippen LogP) is 6.44. The number of ether oxygens (including phenoxy) is 1. The summed E-state index contributed by atoms with van der Waals surface area (Å²) in [7, 11) is 1.49. The third-order valence-electron chi connectivity index (χ3n) is 13.1. The number of aliphatic hydroxyl groups excluding tert-OH is 2. The Kier molecular flexibility index (Phi) is 5.59. The summed E-state index contributed by atoms with van der Waals surface area (Å²) in [5.41, 5.74) is 2.07. The zero-order valence-electron chi connectivity index (χ0n) is 23.6. The molecule has 4 heteroatoms. The van der Waals surface area contributed by atoms with E-state index in [1.54, 1.807) is 0 Å². The van der Waals surface area contributed by atoms with Crippen LogP contribution in [0.4, 0.5) is 0 Å². The van der Waals surface area contributed by atoms with Crippen molar-refractivity contribution in [1.29, 1.82) is 0 Å². The van der Waals surface area contributed by atoms with Gasteiger partial charge in [-0.15, -0.1) is 0 Å². The minimum Gasteiger partial charge on any atom is -0.468 e. The van der Waals surface area contributed by atoms with Crippen LogP contribution in [0, 0.1) is 44.3 Å². The monoisotopic (exact) mass is 486 g/mol. The largest absolute Gasteiger partial charge is 0.468 e. The molecule has 4 nitrogen and oxygen atoms in total. The van der Waals surface area contributed by atoms with E-state index in [4.69, 9.17) is 4.74 Å². The Labute approximate surface area is 213 Å². The Morgan fingerprint density at radius 2 is 1.51 bits per heavy atom. The molecule has 5 rings (SSSR count). The van der Waals surface area contributed by atoms with E-state index in [0.717, 1.165) is 51.4 Å². The standard InChI is InChI=1S/C31H50O4/c1-26(2)15-16-31(25(34)35-8)20(17-26)19-9-10-22-28(5)13-12-23(32)27(3,4)21(28)11-14-29(22,6)30(19,7)18-24(31)33/h21-24,32-33H,9-18H2,1-8H3/t21-,22-,23+,24-,28+,29-,30-,31-/m1/s1. The first-order valence-electron chi connectivity index (χ1n) is 14.3. The first-order valence-corrected chi connectivity index (χ1v) is 14.3. The fourth-order valence-corrected chi connectivity index (χ4v) is 10.9. The molecule has 0 spiro atoms. The molecular weight excluding hydrogens is 436 g/mol. The van der Waals surface area contributed by atoms with Crippen LogP contribution in [0.25, 0.3) is 0 Å². The quantitative estimate of drug-likeness (QED) is 0.331. The molecule has 35 heavy (non-hydrogen) atoms. The predicted molar refractivity (Wildman–Crippen MR) is 139 cm³/mol. The van der Waals surface area contributed by atoms with Crippen LogP contribution in [-0.4, -0.2) is 35.5 Å². The van der Waals surface area contributed by atoms with Crippen LogP contribution in [0.15, 0.2) is 11.1 Å². The highest BCUT2D eigenvalue weighted by Crippen LogP contribution is 2.75. The Hall–Kier alpha value is -0.870. The van der Waals surface area contributed by atoms with E-state index in [-0.39, 0.29) is 39.1 Å². The number of fused-ring (bicyclic) bond motifs is 6. The van der Waals surface area contributed by atoms with Crippen molar-refractivity contribution in [1.82, 2.24) is 0 Å². The van der Waals surface area contributed by atoms with Crippen LogP contribution >= 0.6 is 0 Å². The van der Waals surface area contributed by atoms with E-state index in [0.29, 0.717) is 24.7 Å². The van der Waals surface area contributed by atoms with Crippen LogP contribution in [0.1, 0.15) is 113 Å². The fourth-order valence-electron chi connectivity index (χ4n) is 10.9. The molecule has 4 fully saturated rings. The van der Waals surface area contributed by atoms with Crippen molar-refractivity contribution >= 4 is 5.97 Å². The van der Waals surface area contributed by atoms with E-state index in [1.165, 1.54) is 18.3 Å². The second kappa shape index (κ2) is 7.59. The minimum absolute atomic E-state index is 0.0620. The normalized spacial score (nSPS) is 50.3. The Balaban J connectivity index is 1.65. The van der Waals surface area contributed by atoms with Gasteiger partial charge in [-0.1, -0.05) is 59.6 Å². The van der Waals surface area contributed by atoms with Crippen LogP contribution in [0.5, 0.6) is 0 Å². The molecule has 0 saturated heterocycles. The molecule has 0 heterocycles. The van der Waals surface area contributed by atoms with Gasteiger partial charge in [-0.2, -0.15) is 0 Å². The molecule has 198 valence electrons. The van der Waals surface area contributed by atoms with Crippen molar-refractivity contribution in [2.75, 3.05) is 7.11 Å². The van der Waals surface area contributed by atoms with Gasteiger partial charge in [-0.3, -0.25) is 4.79 Å². The minimum atomic E-state index is -0.861. The van der Waals surface area contributed by atoms with Gasteiger partial charge in [0.15, 0.2) is 0 Å². The summed E-state index contributed by atoms with van der Waals surface area (Å²) in [6.45, 7) is 16.7. The third-order valence-corrected chi connectivity index (χ3v) is 13.1. The molecule has 0 radical (unpaired) electrons. The summed E-state index contributed by atoms with van der Waals surface area (Å²) in [4.78, 5) is 13.4. The number of aliphatic hydroxyl groups is 2. The van der Waals surface area contributed by atoms with E-state index in [1.807, 2.05) is 0 Å². The van der Waals surface area contributed by atoms with Crippen LogP contribution in [0.2, 0.25) is 0 Å². The summed E-state index contributed by atoms with van der Waals surface area (Å²) in [5.74, 6) is 0.853. The highest BCUT2D eigenvalue weighted by molar-refractivity contribution is 5.83. The molecule has 0 bridgehead atoms. The maximum atomic E-state index is 13.4. The molecule has 0 aromatic rings.